The average molecular weight is 326 g/mol. The summed E-state index contributed by atoms with van der Waals surface area (Å²) in [6, 6.07) is -0.315. The number of hydrogen-bond donors (Lipinski definition) is 7. The highest BCUT2D eigenvalue weighted by molar-refractivity contribution is 5.75. The van der Waals surface area contributed by atoms with Crippen LogP contribution in [0.4, 0.5) is 0 Å². The quantitative estimate of drug-likeness (QED) is 0.266. The van der Waals surface area contributed by atoms with E-state index in [1.165, 1.54) is 0 Å². The number of carbonyl (C=O) groups is 4. The Labute approximate surface area is 126 Å². The monoisotopic (exact) mass is 326 g/mol. The summed E-state index contributed by atoms with van der Waals surface area (Å²) in [7, 11) is 0. The zero-order chi connectivity index (χ0) is 18.3. The largest absolute Gasteiger partial charge is 0.481 e. The van der Waals surface area contributed by atoms with Gasteiger partial charge in [0.25, 0.3) is 0 Å². The van der Waals surface area contributed by atoms with E-state index in [2.05, 4.69) is 0 Å². The fraction of sp³-hybridized carbons (Fsp3) is 0.636. The van der Waals surface area contributed by atoms with Crippen LogP contribution in [-0.2, 0) is 19.2 Å². The summed E-state index contributed by atoms with van der Waals surface area (Å²) in [5.41, 5.74) is 9.93. The van der Waals surface area contributed by atoms with E-state index >= 15 is 0 Å². The van der Waals surface area contributed by atoms with Gasteiger partial charge in [-0.3, -0.25) is 19.2 Å². The van der Waals surface area contributed by atoms with Crippen molar-refractivity contribution in [2.45, 2.75) is 44.9 Å². The Kier molecular flexibility index (Phi) is 17.1. The van der Waals surface area contributed by atoms with Crippen molar-refractivity contribution < 1.29 is 44.7 Å². The SMILES string of the molecule is CC(N)C(N)O.O=C(O)CCC(=O)O.O=C(O)CCC(=O)O. The van der Waals surface area contributed by atoms with Gasteiger partial charge in [-0.05, 0) is 6.92 Å². The van der Waals surface area contributed by atoms with Crippen LogP contribution in [0, 0.1) is 0 Å². The first-order chi connectivity index (χ1) is 9.89. The third kappa shape index (κ3) is 36.1. The molecular weight excluding hydrogens is 304 g/mol. The zero-order valence-corrected chi connectivity index (χ0v) is 12.0. The van der Waals surface area contributed by atoms with E-state index in [1.807, 2.05) is 0 Å². The van der Waals surface area contributed by atoms with Gasteiger partial charge in [-0.2, -0.15) is 0 Å². The topological polar surface area (TPSA) is 221 Å². The second-order valence-corrected chi connectivity index (χ2v) is 3.92. The minimum absolute atomic E-state index is 0.296. The molecule has 0 aromatic rings. The van der Waals surface area contributed by atoms with Gasteiger partial charge in [0.2, 0.25) is 0 Å². The van der Waals surface area contributed by atoms with Crippen LogP contribution < -0.4 is 11.5 Å². The summed E-state index contributed by atoms with van der Waals surface area (Å²) in [4.78, 5) is 38.6. The van der Waals surface area contributed by atoms with Crippen molar-refractivity contribution >= 4 is 23.9 Å². The van der Waals surface area contributed by atoms with E-state index in [1.54, 1.807) is 6.92 Å². The minimum Gasteiger partial charge on any atom is -0.481 e. The van der Waals surface area contributed by atoms with Crippen molar-refractivity contribution in [1.29, 1.82) is 0 Å². The lowest BCUT2D eigenvalue weighted by Gasteiger charge is -2.05. The molecule has 0 aliphatic rings. The highest BCUT2D eigenvalue weighted by atomic mass is 16.4. The first-order valence-electron chi connectivity index (χ1n) is 5.96. The summed E-state index contributed by atoms with van der Waals surface area (Å²) in [5, 5.41) is 39.9. The Balaban J connectivity index is -0.000000249. The van der Waals surface area contributed by atoms with Gasteiger partial charge in [-0.25, -0.2) is 0 Å². The lowest BCUT2D eigenvalue weighted by molar-refractivity contribution is -0.143. The third-order valence-corrected chi connectivity index (χ3v) is 1.64. The summed E-state index contributed by atoms with van der Waals surface area (Å²) in [6.45, 7) is 1.64. The van der Waals surface area contributed by atoms with E-state index in [-0.39, 0.29) is 31.7 Å². The lowest BCUT2D eigenvalue weighted by atomic mass is 10.3. The Morgan fingerprint density at radius 3 is 0.909 bits per heavy atom. The smallest absolute Gasteiger partial charge is 0.303 e. The predicted molar refractivity (Wildman–Crippen MR) is 72.9 cm³/mol. The van der Waals surface area contributed by atoms with Gasteiger partial charge in [0.05, 0.1) is 25.7 Å². The summed E-state index contributed by atoms with van der Waals surface area (Å²) < 4.78 is 0. The molecule has 0 heterocycles. The molecule has 0 fully saturated rings. The van der Waals surface area contributed by atoms with Crippen LogP contribution in [0.2, 0.25) is 0 Å². The van der Waals surface area contributed by atoms with Gasteiger partial charge in [0, 0.05) is 6.04 Å². The third-order valence-electron chi connectivity index (χ3n) is 1.64. The molecule has 0 saturated heterocycles. The maximum atomic E-state index is 9.64. The van der Waals surface area contributed by atoms with Crippen molar-refractivity contribution in [2.24, 2.45) is 11.5 Å². The van der Waals surface area contributed by atoms with Gasteiger partial charge in [-0.15, -0.1) is 0 Å². The second kappa shape index (κ2) is 15.2. The molecule has 2 atom stereocenters. The maximum absolute atomic E-state index is 9.64. The summed E-state index contributed by atoms with van der Waals surface area (Å²) in [6.07, 6.45) is -2.06. The molecule has 130 valence electrons. The maximum Gasteiger partial charge on any atom is 0.303 e. The molecule has 0 aliphatic heterocycles. The number of hydrogen-bond acceptors (Lipinski definition) is 7. The predicted octanol–water partition coefficient (Wildman–Crippen LogP) is -1.52. The van der Waals surface area contributed by atoms with Gasteiger partial charge < -0.3 is 37.0 Å². The number of carboxylic acids is 4. The molecule has 0 aliphatic carbocycles. The average Bonchev–Trinajstić information content (AvgIpc) is 2.35. The number of nitrogens with two attached hydrogens (primary N) is 2. The van der Waals surface area contributed by atoms with Crippen LogP contribution >= 0.6 is 0 Å². The molecule has 2 unspecified atom stereocenters. The van der Waals surface area contributed by atoms with Crippen LogP contribution in [0.3, 0.4) is 0 Å². The van der Waals surface area contributed by atoms with E-state index in [0.29, 0.717) is 0 Å². The number of carboxylic acid groups (broad SMARTS) is 4. The van der Waals surface area contributed by atoms with E-state index in [4.69, 9.17) is 37.0 Å². The Bertz CT molecular complexity index is 293. The molecule has 0 aromatic carbocycles. The fourth-order valence-electron chi connectivity index (χ4n) is 0.428. The molecule has 0 spiro atoms. The molecule has 0 saturated carbocycles. The molecule has 0 bridgehead atoms. The highest BCUT2D eigenvalue weighted by Crippen LogP contribution is 1.86. The first kappa shape index (κ1) is 24.8. The van der Waals surface area contributed by atoms with Gasteiger partial charge in [0.1, 0.15) is 6.23 Å². The zero-order valence-electron chi connectivity index (χ0n) is 12.0. The van der Waals surface area contributed by atoms with Gasteiger partial charge in [0.15, 0.2) is 0 Å². The van der Waals surface area contributed by atoms with Crippen molar-refractivity contribution in [3.8, 4) is 0 Å². The van der Waals surface area contributed by atoms with Crippen molar-refractivity contribution in [3.63, 3.8) is 0 Å². The number of aliphatic carboxylic acids is 4. The van der Waals surface area contributed by atoms with E-state index < -0.39 is 30.1 Å². The van der Waals surface area contributed by atoms with Crippen LogP contribution in [0.1, 0.15) is 32.6 Å². The molecule has 11 nitrogen and oxygen atoms in total. The molecule has 0 radical (unpaired) electrons. The highest BCUT2D eigenvalue weighted by Gasteiger charge is 2.01. The standard InChI is InChI=1S/2C4H6O4.C3H10N2O/c2*5-3(6)1-2-4(7)8;1-2(4)3(5)6/h2*1-2H2,(H,5,6)(H,7,8);2-3,6H,4-5H2,1H3. The summed E-state index contributed by atoms with van der Waals surface area (Å²) >= 11 is 0. The Morgan fingerprint density at radius 2 is 0.864 bits per heavy atom. The first-order valence-corrected chi connectivity index (χ1v) is 5.96. The molecular formula is C11H22N2O9. The Hall–Kier alpha value is -2.24. The molecule has 11 heteroatoms. The molecule has 9 N–H and O–H groups in total. The van der Waals surface area contributed by atoms with Crippen LogP contribution in [0.25, 0.3) is 0 Å². The number of aliphatic hydroxyl groups excluding tert-OH is 1. The number of rotatable bonds is 7. The van der Waals surface area contributed by atoms with Crippen LogP contribution in [0.5, 0.6) is 0 Å². The molecule has 0 amide bonds. The van der Waals surface area contributed by atoms with Crippen LogP contribution in [0.15, 0.2) is 0 Å². The van der Waals surface area contributed by atoms with Crippen molar-refractivity contribution in [3.05, 3.63) is 0 Å². The Morgan fingerprint density at radius 1 is 0.727 bits per heavy atom. The van der Waals surface area contributed by atoms with Crippen LogP contribution in [-0.4, -0.2) is 61.7 Å². The van der Waals surface area contributed by atoms with E-state index in [9.17, 15) is 19.2 Å². The number of aliphatic hydroxyl groups is 1. The summed E-state index contributed by atoms with van der Waals surface area (Å²) in [5.74, 6) is -4.31. The fourth-order valence-corrected chi connectivity index (χ4v) is 0.428. The minimum atomic E-state index is -1.08. The lowest BCUT2D eigenvalue weighted by Crippen LogP contribution is -2.38. The van der Waals surface area contributed by atoms with E-state index in [0.717, 1.165) is 0 Å². The second-order valence-electron chi connectivity index (χ2n) is 3.92. The van der Waals surface area contributed by atoms with Crippen molar-refractivity contribution in [2.75, 3.05) is 0 Å². The molecule has 0 rings (SSSR count). The normalized spacial score (nSPS) is 11.6. The van der Waals surface area contributed by atoms with Crippen molar-refractivity contribution in [1.82, 2.24) is 0 Å². The molecule has 0 aromatic heterocycles. The van der Waals surface area contributed by atoms with Gasteiger partial charge >= 0.3 is 23.9 Å². The van der Waals surface area contributed by atoms with Gasteiger partial charge in [-0.1, -0.05) is 0 Å². The molecule has 22 heavy (non-hydrogen) atoms.